The van der Waals surface area contributed by atoms with Crippen LogP contribution in [0.5, 0.6) is 0 Å². The van der Waals surface area contributed by atoms with Gasteiger partial charge in [-0.3, -0.25) is 0 Å². The minimum atomic E-state index is -3.32. The van der Waals surface area contributed by atoms with Crippen molar-refractivity contribution < 1.29 is 8.42 Å². The van der Waals surface area contributed by atoms with Gasteiger partial charge in [-0.05, 0) is 18.9 Å². The lowest BCUT2D eigenvalue weighted by molar-refractivity contribution is 0.567. The van der Waals surface area contributed by atoms with Gasteiger partial charge in [0.25, 0.3) is 0 Å². The average Bonchev–Trinajstić information content (AvgIpc) is 2.80. The second kappa shape index (κ2) is 5.52. The molecule has 2 aromatic rings. The summed E-state index contributed by atoms with van der Waals surface area (Å²) >= 11 is 0. The minimum Gasteiger partial charge on any atom is -0.302 e. The van der Waals surface area contributed by atoms with Crippen molar-refractivity contribution in [3.63, 3.8) is 0 Å². The summed E-state index contributed by atoms with van der Waals surface area (Å²) in [5.41, 5.74) is 1.20. The molecular weight excluding hydrogens is 262 g/mol. The summed E-state index contributed by atoms with van der Waals surface area (Å²) in [6, 6.07) is 10.0. The third kappa shape index (κ3) is 3.20. The van der Waals surface area contributed by atoms with E-state index in [-0.39, 0.29) is 5.16 Å². The molecule has 1 aromatic carbocycles. The van der Waals surface area contributed by atoms with E-state index in [4.69, 9.17) is 0 Å². The monoisotopic (exact) mass is 279 g/mol. The van der Waals surface area contributed by atoms with Crippen molar-refractivity contribution in [3.05, 3.63) is 41.7 Å². The Kier molecular flexibility index (Phi) is 3.99. The summed E-state index contributed by atoms with van der Waals surface area (Å²) in [4.78, 5) is 0. The minimum absolute atomic E-state index is 0.0538. The second-order valence-corrected chi connectivity index (χ2v) is 6.31. The van der Waals surface area contributed by atoms with E-state index in [0.29, 0.717) is 18.8 Å². The van der Waals surface area contributed by atoms with Crippen molar-refractivity contribution in [2.24, 2.45) is 0 Å². The summed E-state index contributed by atoms with van der Waals surface area (Å²) < 4.78 is 24.8. The molecule has 0 radical (unpaired) electrons. The number of hydrogen-bond acceptors (Lipinski definition) is 4. The highest BCUT2D eigenvalue weighted by molar-refractivity contribution is 7.90. The molecule has 5 nitrogen and oxygen atoms in total. The quantitative estimate of drug-likeness (QED) is 0.831. The predicted molar refractivity (Wildman–Crippen MR) is 72.7 cm³/mol. The zero-order valence-electron chi connectivity index (χ0n) is 11.1. The van der Waals surface area contributed by atoms with Crippen LogP contribution in [0.3, 0.4) is 0 Å². The normalized spacial score (nSPS) is 11.7. The molecule has 0 amide bonds. The molecule has 2 rings (SSSR count). The van der Waals surface area contributed by atoms with Gasteiger partial charge in [0, 0.05) is 19.2 Å². The van der Waals surface area contributed by atoms with Crippen LogP contribution in [0.1, 0.15) is 18.3 Å². The topological polar surface area (TPSA) is 64.8 Å². The molecule has 102 valence electrons. The van der Waals surface area contributed by atoms with Gasteiger partial charge in [-0.1, -0.05) is 30.3 Å². The van der Waals surface area contributed by atoms with Crippen molar-refractivity contribution in [2.45, 2.75) is 31.5 Å². The highest BCUT2D eigenvalue weighted by atomic mass is 32.2. The van der Waals surface area contributed by atoms with E-state index in [2.05, 4.69) is 10.2 Å². The van der Waals surface area contributed by atoms with Gasteiger partial charge in [-0.15, -0.1) is 10.2 Å². The molecule has 0 N–H and O–H groups in total. The summed E-state index contributed by atoms with van der Waals surface area (Å²) in [5.74, 6) is 0.715. The fraction of sp³-hybridized carbons (Fsp3) is 0.385. The molecular formula is C13H17N3O2S. The van der Waals surface area contributed by atoms with Gasteiger partial charge in [-0.25, -0.2) is 8.42 Å². The number of aryl methyl sites for hydroxylation is 2. The zero-order valence-corrected chi connectivity index (χ0v) is 11.9. The SMILES string of the molecule is CCn1c(CCc2ccccc2)nnc1S(C)(=O)=O. The number of benzene rings is 1. The third-order valence-electron chi connectivity index (χ3n) is 2.92. The van der Waals surface area contributed by atoms with Gasteiger partial charge in [0.05, 0.1) is 0 Å². The Hall–Kier alpha value is -1.69. The van der Waals surface area contributed by atoms with Crippen LogP contribution in [-0.2, 0) is 29.2 Å². The Morgan fingerprint density at radius 2 is 1.79 bits per heavy atom. The Labute approximate surface area is 113 Å². The molecule has 19 heavy (non-hydrogen) atoms. The van der Waals surface area contributed by atoms with Crippen LogP contribution in [-0.4, -0.2) is 29.4 Å². The van der Waals surface area contributed by atoms with Crippen LogP contribution in [0.4, 0.5) is 0 Å². The fourth-order valence-corrected chi connectivity index (χ4v) is 2.82. The Bertz CT molecular complexity index is 648. The van der Waals surface area contributed by atoms with Crippen molar-refractivity contribution in [1.82, 2.24) is 14.8 Å². The van der Waals surface area contributed by atoms with Gasteiger partial charge in [0.1, 0.15) is 5.82 Å². The van der Waals surface area contributed by atoms with Gasteiger partial charge >= 0.3 is 0 Å². The molecule has 0 atom stereocenters. The van der Waals surface area contributed by atoms with E-state index in [1.54, 1.807) is 4.57 Å². The van der Waals surface area contributed by atoms with Crippen molar-refractivity contribution in [1.29, 1.82) is 0 Å². The number of hydrogen-bond donors (Lipinski definition) is 0. The standard InChI is InChI=1S/C13H17N3O2S/c1-3-16-12(14-15-13(16)19(2,17)18)10-9-11-7-5-4-6-8-11/h4-8H,3,9-10H2,1-2H3. The highest BCUT2D eigenvalue weighted by Crippen LogP contribution is 2.11. The van der Waals surface area contributed by atoms with Crippen molar-refractivity contribution >= 4 is 9.84 Å². The molecule has 6 heteroatoms. The smallest absolute Gasteiger partial charge is 0.249 e. The molecule has 0 spiro atoms. The first-order valence-electron chi connectivity index (χ1n) is 6.18. The Morgan fingerprint density at radius 1 is 1.11 bits per heavy atom. The summed E-state index contributed by atoms with van der Waals surface area (Å²) in [6.45, 7) is 2.45. The molecule has 0 fully saturated rings. The van der Waals surface area contributed by atoms with E-state index >= 15 is 0 Å². The predicted octanol–water partition coefficient (Wildman–Crippen LogP) is 1.49. The van der Waals surface area contributed by atoms with Crippen LogP contribution >= 0.6 is 0 Å². The van der Waals surface area contributed by atoms with Crippen molar-refractivity contribution in [2.75, 3.05) is 6.26 Å². The van der Waals surface area contributed by atoms with Gasteiger partial charge in [-0.2, -0.15) is 0 Å². The number of nitrogens with zero attached hydrogens (tertiary/aromatic N) is 3. The molecule has 0 aliphatic rings. The highest BCUT2D eigenvalue weighted by Gasteiger charge is 2.19. The van der Waals surface area contributed by atoms with E-state index in [0.717, 1.165) is 12.7 Å². The van der Waals surface area contributed by atoms with Gasteiger partial charge < -0.3 is 4.57 Å². The van der Waals surface area contributed by atoms with E-state index < -0.39 is 9.84 Å². The maximum Gasteiger partial charge on any atom is 0.249 e. The molecule has 1 aromatic heterocycles. The number of sulfone groups is 1. The fourth-order valence-electron chi connectivity index (χ4n) is 2.00. The largest absolute Gasteiger partial charge is 0.302 e. The lowest BCUT2D eigenvalue weighted by Crippen LogP contribution is -2.11. The van der Waals surface area contributed by atoms with Crippen LogP contribution < -0.4 is 0 Å². The van der Waals surface area contributed by atoms with Crippen LogP contribution in [0.25, 0.3) is 0 Å². The van der Waals surface area contributed by atoms with E-state index in [1.807, 2.05) is 37.3 Å². The van der Waals surface area contributed by atoms with Crippen LogP contribution in [0.2, 0.25) is 0 Å². The van der Waals surface area contributed by atoms with Gasteiger partial charge in [0.15, 0.2) is 0 Å². The number of rotatable bonds is 5. The second-order valence-electron chi connectivity index (χ2n) is 4.40. The third-order valence-corrected chi connectivity index (χ3v) is 3.89. The maximum atomic E-state index is 11.6. The van der Waals surface area contributed by atoms with Crippen LogP contribution in [0.15, 0.2) is 35.5 Å². The first-order valence-corrected chi connectivity index (χ1v) is 8.07. The lowest BCUT2D eigenvalue weighted by atomic mass is 10.1. The van der Waals surface area contributed by atoms with Crippen LogP contribution in [0, 0.1) is 0 Å². The van der Waals surface area contributed by atoms with E-state index in [9.17, 15) is 8.42 Å². The molecule has 0 aliphatic carbocycles. The molecule has 0 bridgehead atoms. The average molecular weight is 279 g/mol. The first-order chi connectivity index (χ1) is 9.02. The first kappa shape index (κ1) is 13.7. The van der Waals surface area contributed by atoms with Crippen molar-refractivity contribution in [3.8, 4) is 0 Å². The molecule has 0 aliphatic heterocycles. The molecule has 0 saturated carbocycles. The summed E-state index contributed by atoms with van der Waals surface area (Å²) in [6.07, 6.45) is 2.66. The number of aromatic nitrogens is 3. The Balaban J connectivity index is 2.20. The molecule has 1 heterocycles. The lowest BCUT2D eigenvalue weighted by Gasteiger charge is -2.06. The maximum absolute atomic E-state index is 11.6. The molecule has 0 unspecified atom stereocenters. The summed E-state index contributed by atoms with van der Waals surface area (Å²) in [7, 11) is -3.32. The Morgan fingerprint density at radius 3 is 2.37 bits per heavy atom. The zero-order chi connectivity index (χ0) is 13.9. The summed E-state index contributed by atoms with van der Waals surface area (Å²) in [5, 5.41) is 7.85. The van der Waals surface area contributed by atoms with Gasteiger partial charge in [0.2, 0.25) is 15.0 Å². The molecule has 0 saturated heterocycles. The van der Waals surface area contributed by atoms with E-state index in [1.165, 1.54) is 5.56 Å².